The Labute approximate surface area is 78.3 Å². The van der Waals surface area contributed by atoms with E-state index in [-0.39, 0.29) is 6.10 Å². The van der Waals surface area contributed by atoms with Gasteiger partial charge >= 0.3 is 0 Å². The molecule has 1 nitrogen and oxygen atoms in total. The maximum absolute atomic E-state index is 11.6. The molecule has 3 atom stereocenters. The van der Waals surface area contributed by atoms with Crippen molar-refractivity contribution >= 4 is 15.9 Å². The van der Waals surface area contributed by atoms with E-state index in [0.717, 1.165) is 18.2 Å². The maximum atomic E-state index is 11.6. The average molecular weight is 222 g/mol. The van der Waals surface area contributed by atoms with E-state index in [2.05, 4.69) is 29.8 Å². The molecule has 11 heavy (non-hydrogen) atoms. The van der Waals surface area contributed by atoms with Gasteiger partial charge in [-0.1, -0.05) is 43.1 Å². The fraction of sp³-hybridized carbons (Fsp3) is 1.00. The highest BCUT2D eigenvalue weighted by molar-refractivity contribution is 9.09. The van der Waals surface area contributed by atoms with Gasteiger partial charge in [-0.05, 0) is 18.3 Å². The lowest BCUT2D eigenvalue weighted by atomic mass is 9.90. The molecule has 1 radical (unpaired) electrons. The fourth-order valence-electron chi connectivity index (χ4n) is 1.13. The molecular weight excluding hydrogens is 204 g/mol. The van der Waals surface area contributed by atoms with E-state index in [1.165, 1.54) is 0 Å². The second-order valence-electron chi connectivity index (χ2n) is 3.17. The van der Waals surface area contributed by atoms with Crippen LogP contribution in [0, 0.1) is 11.8 Å². The largest absolute Gasteiger partial charge is 0.232 e. The summed E-state index contributed by atoms with van der Waals surface area (Å²) < 4.78 is 0. The Bertz CT molecular complexity index is 91.6. The predicted molar refractivity (Wildman–Crippen MR) is 51.5 cm³/mol. The van der Waals surface area contributed by atoms with E-state index in [1.807, 2.05) is 6.92 Å². The summed E-state index contributed by atoms with van der Waals surface area (Å²) in [5, 5.41) is 12.4. The van der Waals surface area contributed by atoms with Gasteiger partial charge in [0.25, 0.3) is 0 Å². The van der Waals surface area contributed by atoms with Gasteiger partial charge in [0.15, 0.2) is 0 Å². The van der Waals surface area contributed by atoms with Crippen molar-refractivity contribution in [3.05, 3.63) is 0 Å². The topological polar surface area (TPSA) is 19.9 Å². The van der Waals surface area contributed by atoms with Crippen LogP contribution in [0.2, 0.25) is 0 Å². The van der Waals surface area contributed by atoms with Crippen LogP contribution >= 0.6 is 15.9 Å². The minimum absolute atomic E-state index is 0.310. The second kappa shape index (κ2) is 6.01. The number of halogens is 1. The smallest absolute Gasteiger partial charge is 0.0991 e. The fourth-order valence-corrected chi connectivity index (χ4v) is 1.95. The van der Waals surface area contributed by atoms with E-state index in [1.54, 1.807) is 0 Å². The lowest BCUT2D eigenvalue weighted by molar-refractivity contribution is 0.000643. The summed E-state index contributed by atoms with van der Waals surface area (Å²) in [5.74, 6) is 0.627. The Kier molecular flexibility index (Phi) is 6.25. The van der Waals surface area contributed by atoms with Crippen molar-refractivity contribution in [2.45, 2.75) is 39.7 Å². The summed E-state index contributed by atoms with van der Waals surface area (Å²) in [5.41, 5.74) is 0. The van der Waals surface area contributed by atoms with Gasteiger partial charge in [0.05, 0.1) is 6.10 Å². The minimum Gasteiger partial charge on any atom is -0.232 e. The van der Waals surface area contributed by atoms with Crippen molar-refractivity contribution in [3.63, 3.8) is 0 Å². The van der Waals surface area contributed by atoms with E-state index >= 15 is 0 Å². The summed E-state index contributed by atoms with van der Waals surface area (Å²) in [6.07, 6.45) is 1.60. The first kappa shape index (κ1) is 11.4. The highest BCUT2D eigenvalue weighted by Gasteiger charge is 2.22. The lowest BCUT2D eigenvalue weighted by Gasteiger charge is -2.22. The van der Waals surface area contributed by atoms with Gasteiger partial charge in [-0.25, -0.2) is 5.11 Å². The van der Waals surface area contributed by atoms with Gasteiger partial charge in [0, 0.05) is 5.33 Å². The first-order valence-electron chi connectivity index (χ1n) is 4.39. The number of rotatable bonds is 5. The Hall–Kier alpha value is 0.440. The van der Waals surface area contributed by atoms with E-state index < -0.39 is 0 Å². The van der Waals surface area contributed by atoms with Crippen molar-refractivity contribution < 1.29 is 5.11 Å². The number of hydrogen-bond donors (Lipinski definition) is 0. The molecule has 0 spiro atoms. The summed E-state index contributed by atoms with van der Waals surface area (Å²) in [7, 11) is 0. The van der Waals surface area contributed by atoms with Crippen LogP contribution in [0.25, 0.3) is 0 Å². The average Bonchev–Trinajstić information content (AvgIpc) is 2.05. The summed E-state index contributed by atoms with van der Waals surface area (Å²) >= 11 is 3.37. The van der Waals surface area contributed by atoms with Crippen LogP contribution in [-0.2, 0) is 5.11 Å². The third kappa shape index (κ3) is 3.57. The minimum atomic E-state index is -0.385. The highest BCUT2D eigenvalue weighted by atomic mass is 79.9. The summed E-state index contributed by atoms with van der Waals surface area (Å²) in [6.45, 7) is 6.21. The molecule has 0 fully saturated rings. The zero-order valence-corrected chi connectivity index (χ0v) is 9.23. The Morgan fingerprint density at radius 1 is 1.27 bits per heavy atom. The van der Waals surface area contributed by atoms with Gasteiger partial charge in [-0.3, -0.25) is 0 Å². The van der Waals surface area contributed by atoms with Crippen LogP contribution in [0.3, 0.4) is 0 Å². The van der Waals surface area contributed by atoms with Crippen molar-refractivity contribution in [1.29, 1.82) is 0 Å². The Morgan fingerprint density at radius 3 is 2.09 bits per heavy atom. The second-order valence-corrected chi connectivity index (χ2v) is 3.82. The van der Waals surface area contributed by atoms with E-state index in [4.69, 9.17) is 0 Å². The molecule has 0 N–H and O–H groups in total. The standard InChI is InChI=1S/C9H18BrO/c1-4-7(3)9(11)8(5-2)6-10/h7-9H,4-6H2,1-3H3. The molecule has 0 saturated heterocycles. The van der Waals surface area contributed by atoms with E-state index in [0.29, 0.717) is 11.8 Å². The quantitative estimate of drug-likeness (QED) is 0.636. The maximum Gasteiger partial charge on any atom is 0.0991 e. The van der Waals surface area contributed by atoms with Crippen molar-refractivity contribution in [3.8, 4) is 0 Å². The molecule has 0 heterocycles. The highest BCUT2D eigenvalue weighted by Crippen LogP contribution is 2.21. The van der Waals surface area contributed by atoms with Crippen molar-refractivity contribution in [2.24, 2.45) is 11.8 Å². The Morgan fingerprint density at radius 2 is 1.82 bits per heavy atom. The first-order chi connectivity index (χ1) is 5.17. The third-order valence-electron chi connectivity index (χ3n) is 2.39. The molecule has 0 rings (SSSR count). The molecule has 0 bridgehead atoms. The zero-order chi connectivity index (χ0) is 8.85. The molecule has 2 heteroatoms. The molecular formula is C9H18BrO. The van der Waals surface area contributed by atoms with Crippen LogP contribution in [-0.4, -0.2) is 11.4 Å². The monoisotopic (exact) mass is 221 g/mol. The van der Waals surface area contributed by atoms with E-state index in [9.17, 15) is 5.11 Å². The van der Waals surface area contributed by atoms with Crippen LogP contribution < -0.4 is 0 Å². The molecule has 3 unspecified atom stereocenters. The summed E-state index contributed by atoms with van der Waals surface area (Å²) in [4.78, 5) is 0. The zero-order valence-electron chi connectivity index (χ0n) is 7.64. The molecule has 0 saturated carbocycles. The van der Waals surface area contributed by atoms with Crippen LogP contribution in [0.15, 0.2) is 0 Å². The molecule has 0 aliphatic rings. The van der Waals surface area contributed by atoms with Crippen LogP contribution in [0.1, 0.15) is 33.6 Å². The predicted octanol–water partition coefficient (Wildman–Crippen LogP) is 3.25. The molecule has 67 valence electrons. The van der Waals surface area contributed by atoms with Crippen molar-refractivity contribution in [1.82, 2.24) is 0 Å². The molecule has 0 aliphatic carbocycles. The third-order valence-corrected chi connectivity index (χ3v) is 3.22. The van der Waals surface area contributed by atoms with Crippen molar-refractivity contribution in [2.75, 3.05) is 5.33 Å². The van der Waals surface area contributed by atoms with Crippen LogP contribution in [0.5, 0.6) is 0 Å². The van der Waals surface area contributed by atoms with Gasteiger partial charge < -0.3 is 0 Å². The Balaban J connectivity index is 3.86. The normalized spacial score (nSPS) is 19.4. The van der Waals surface area contributed by atoms with Gasteiger partial charge in [0.1, 0.15) is 0 Å². The lowest BCUT2D eigenvalue weighted by Crippen LogP contribution is -2.26. The van der Waals surface area contributed by atoms with Crippen LogP contribution in [0.4, 0.5) is 0 Å². The molecule has 0 aromatic heterocycles. The van der Waals surface area contributed by atoms with Gasteiger partial charge in [0.2, 0.25) is 0 Å². The molecule has 0 aromatic carbocycles. The first-order valence-corrected chi connectivity index (χ1v) is 5.51. The number of alkyl halides is 1. The molecule has 0 aliphatic heterocycles. The molecule has 0 aromatic rings. The number of hydrogen-bond acceptors (Lipinski definition) is 0. The van der Waals surface area contributed by atoms with Gasteiger partial charge in [-0.15, -0.1) is 0 Å². The molecule has 0 amide bonds. The van der Waals surface area contributed by atoms with Gasteiger partial charge in [-0.2, -0.15) is 0 Å². The summed E-state index contributed by atoms with van der Waals surface area (Å²) in [6, 6.07) is 0. The SMILES string of the molecule is CCC(C)C([O])C(CC)CBr.